The van der Waals surface area contributed by atoms with Crippen molar-refractivity contribution in [2.45, 2.75) is 11.6 Å². The summed E-state index contributed by atoms with van der Waals surface area (Å²) in [5, 5.41) is 13.4. The lowest BCUT2D eigenvalue weighted by atomic mass is 10.2. The molecule has 0 aliphatic carbocycles. The number of para-hydroxylation sites is 1. The highest BCUT2D eigenvalue weighted by Crippen LogP contribution is 2.23. The van der Waals surface area contributed by atoms with Crippen LogP contribution in [0.3, 0.4) is 0 Å². The lowest BCUT2D eigenvalue weighted by Crippen LogP contribution is -2.12. The van der Waals surface area contributed by atoms with E-state index < -0.39 is 0 Å². The van der Waals surface area contributed by atoms with Gasteiger partial charge in [0.2, 0.25) is 11.1 Å². The van der Waals surface area contributed by atoms with Crippen LogP contribution in [0.15, 0.2) is 53.7 Å². The number of carbonyl (C=O) groups excluding carboxylic acids is 1. The zero-order valence-electron chi connectivity index (χ0n) is 13.6. The van der Waals surface area contributed by atoms with Gasteiger partial charge in [0.15, 0.2) is 5.65 Å². The highest BCUT2D eigenvalue weighted by Gasteiger charge is 2.10. The summed E-state index contributed by atoms with van der Waals surface area (Å²) in [6.45, 7) is 0. The van der Waals surface area contributed by atoms with Gasteiger partial charge in [0.1, 0.15) is 5.52 Å². The van der Waals surface area contributed by atoms with E-state index in [0.29, 0.717) is 28.0 Å². The maximum Gasteiger partial charge on any atom is 0.225 e. The number of amides is 1. The molecule has 2 heterocycles. The van der Waals surface area contributed by atoms with E-state index in [9.17, 15) is 4.79 Å². The molecular weight excluding hydrogens is 370 g/mol. The molecule has 0 saturated heterocycles. The Morgan fingerprint density at radius 3 is 2.77 bits per heavy atom. The summed E-state index contributed by atoms with van der Waals surface area (Å²) in [6, 6.07) is 14.9. The van der Waals surface area contributed by atoms with Gasteiger partial charge in [-0.25, -0.2) is 4.98 Å². The average Bonchev–Trinajstić information content (AvgIpc) is 3.01. The second kappa shape index (κ2) is 7.31. The molecule has 4 aromatic rings. The predicted octanol–water partition coefficient (Wildman–Crippen LogP) is 4.28. The lowest BCUT2D eigenvalue weighted by molar-refractivity contribution is -0.115. The summed E-state index contributed by atoms with van der Waals surface area (Å²) < 4.78 is 0. The Labute approximate surface area is 158 Å². The van der Waals surface area contributed by atoms with E-state index in [1.807, 2.05) is 24.3 Å². The van der Waals surface area contributed by atoms with Crippen LogP contribution in [-0.2, 0) is 4.79 Å². The first-order chi connectivity index (χ1) is 12.7. The third-order valence-corrected chi connectivity index (χ3v) is 4.88. The van der Waals surface area contributed by atoms with Gasteiger partial charge in [0.25, 0.3) is 0 Å². The number of hydrogen-bond acceptors (Lipinski definition) is 5. The normalized spacial score (nSPS) is 11.1. The van der Waals surface area contributed by atoms with Crippen LogP contribution >= 0.6 is 23.4 Å². The SMILES string of the molecule is O=C(CCSc1nnc2c(n1)[nH]c1ccccc12)Nc1ccc(Cl)cc1. The first kappa shape index (κ1) is 16.8. The maximum absolute atomic E-state index is 12.0. The molecule has 0 radical (unpaired) electrons. The highest BCUT2D eigenvalue weighted by atomic mass is 35.5. The van der Waals surface area contributed by atoms with Gasteiger partial charge in [0, 0.05) is 33.8 Å². The Balaban J connectivity index is 1.37. The van der Waals surface area contributed by atoms with Gasteiger partial charge in [-0.15, -0.1) is 10.2 Å². The van der Waals surface area contributed by atoms with E-state index >= 15 is 0 Å². The number of hydrogen-bond donors (Lipinski definition) is 2. The Kier molecular flexibility index (Phi) is 4.73. The minimum absolute atomic E-state index is 0.0699. The molecular formula is C18H14ClN5OS. The van der Waals surface area contributed by atoms with Crippen molar-refractivity contribution in [3.05, 3.63) is 53.6 Å². The first-order valence-corrected chi connectivity index (χ1v) is 9.35. The molecule has 1 amide bonds. The number of fused-ring (bicyclic) bond motifs is 3. The summed E-state index contributed by atoms with van der Waals surface area (Å²) in [5.74, 6) is 0.492. The van der Waals surface area contributed by atoms with Crippen LogP contribution in [0.25, 0.3) is 22.1 Å². The minimum Gasteiger partial charge on any atom is -0.338 e. The Morgan fingerprint density at radius 2 is 1.92 bits per heavy atom. The van der Waals surface area contributed by atoms with Crippen LogP contribution in [0.4, 0.5) is 5.69 Å². The Morgan fingerprint density at radius 1 is 1.12 bits per heavy atom. The van der Waals surface area contributed by atoms with Crippen molar-refractivity contribution in [1.29, 1.82) is 0 Å². The van der Waals surface area contributed by atoms with Crippen LogP contribution in [0.5, 0.6) is 0 Å². The van der Waals surface area contributed by atoms with Gasteiger partial charge in [-0.05, 0) is 30.3 Å². The fourth-order valence-corrected chi connectivity index (χ4v) is 3.41. The quantitative estimate of drug-likeness (QED) is 0.502. The number of benzene rings is 2. The van der Waals surface area contributed by atoms with Gasteiger partial charge >= 0.3 is 0 Å². The number of nitrogens with zero attached hydrogens (tertiary/aromatic N) is 3. The molecule has 0 aliphatic rings. The molecule has 0 fully saturated rings. The summed E-state index contributed by atoms with van der Waals surface area (Å²) >= 11 is 7.23. The fraction of sp³-hybridized carbons (Fsp3) is 0.111. The molecule has 2 N–H and O–H groups in total. The number of anilines is 1. The zero-order valence-corrected chi connectivity index (χ0v) is 15.1. The molecule has 0 spiro atoms. The molecule has 6 nitrogen and oxygen atoms in total. The summed E-state index contributed by atoms with van der Waals surface area (Å²) in [7, 11) is 0. The van der Waals surface area contributed by atoms with Crippen molar-refractivity contribution in [2.75, 3.05) is 11.1 Å². The Bertz CT molecular complexity index is 1080. The molecule has 4 rings (SSSR count). The standard InChI is InChI=1S/C18H14ClN5OS/c19-11-5-7-12(8-6-11)20-15(25)9-10-26-18-22-17-16(23-24-18)13-3-1-2-4-14(13)21-17/h1-8H,9-10H2,(H,20,25)(H,21,22,24). The third kappa shape index (κ3) is 3.63. The molecule has 0 saturated carbocycles. The lowest BCUT2D eigenvalue weighted by Gasteiger charge is -2.04. The van der Waals surface area contributed by atoms with Crippen molar-refractivity contribution in [1.82, 2.24) is 20.2 Å². The highest BCUT2D eigenvalue weighted by molar-refractivity contribution is 7.99. The van der Waals surface area contributed by atoms with Crippen molar-refractivity contribution in [2.24, 2.45) is 0 Å². The summed E-state index contributed by atoms with van der Waals surface area (Å²) in [5.41, 5.74) is 3.16. The van der Waals surface area contributed by atoms with Gasteiger partial charge in [0.05, 0.1) is 0 Å². The van der Waals surface area contributed by atoms with E-state index in [-0.39, 0.29) is 5.91 Å². The second-order valence-corrected chi connectivity index (χ2v) is 7.11. The van der Waals surface area contributed by atoms with Crippen molar-refractivity contribution in [3.63, 3.8) is 0 Å². The minimum atomic E-state index is -0.0699. The second-order valence-electron chi connectivity index (χ2n) is 5.62. The van der Waals surface area contributed by atoms with E-state index in [1.165, 1.54) is 11.8 Å². The summed E-state index contributed by atoms with van der Waals surface area (Å²) in [4.78, 5) is 19.7. The molecule has 130 valence electrons. The monoisotopic (exact) mass is 383 g/mol. The Hall–Kier alpha value is -2.64. The average molecular weight is 384 g/mol. The van der Waals surface area contributed by atoms with E-state index in [0.717, 1.165) is 22.1 Å². The first-order valence-electron chi connectivity index (χ1n) is 7.98. The zero-order chi connectivity index (χ0) is 17.9. The topological polar surface area (TPSA) is 83.6 Å². The number of carbonyl (C=O) groups is 1. The van der Waals surface area contributed by atoms with Crippen molar-refractivity contribution >= 4 is 57.0 Å². The predicted molar refractivity (Wildman–Crippen MR) is 105 cm³/mol. The van der Waals surface area contributed by atoms with Gasteiger partial charge in [-0.1, -0.05) is 41.6 Å². The van der Waals surface area contributed by atoms with Crippen LogP contribution < -0.4 is 5.32 Å². The van der Waals surface area contributed by atoms with E-state index in [4.69, 9.17) is 11.6 Å². The number of aromatic amines is 1. The fourth-order valence-electron chi connectivity index (χ4n) is 2.56. The van der Waals surface area contributed by atoms with Gasteiger partial charge < -0.3 is 10.3 Å². The number of halogens is 1. The number of thioether (sulfide) groups is 1. The van der Waals surface area contributed by atoms with Crippen LogP contribution in [-0.4, -0.2) is 31.8 Å². The third-order valence-electron chi connectivity index (χ3n) is 3.79. The molecule has 8 heteroatoms. The summed E-state index contributed by atoms with van der Waals surface area (Å²) in [6.07, 6.45) is 0.349. The maximum atomic E-state index is 12.0. The molecule has 26 heavy (non-hydrogen) atoms. The van der Waals surface area contributed by atoms with Crippen LogP contribution in [0.1, 0.15) is 6.42 Å². The number of aromatic nitrogens is 4. The molecule has 0 unspecified atom stereocenters. The van der Waals surface area contributed by atoms with Gasteiger partial charge in [-0.3, -0.25) is 4.79 Å². The molecule has 0 atom stereocenters. The number of rotatable bonds is 5. The number of nitrogens with one attached hydrogen (secondary N) is 2. The van der Waals surface area contributed by atoms with Crippen molar-refractivity contribution < 1.29 is 4.79 Å². The molecule has 2 aromatic carbocycles. The van der Waals surface area contributed by atoms with Crippen molar-refractivity contribution in [3.8, 4) is 0 Å². The van der Waals surface area contributed by atoms with E-state index in [2.05, 4.69) is 25.5 Å². The van der Waals surface area contributed by atoms with Crippen LogP contribution in [0.2, 0.25) is 5.02 Å². The molecule has 2 aromatic heterocycles. The van der Waals surface area contributed by atoms with Crippen LogP contribution in [0, 0.1) is 0 Å². The molecule has 0 bridgehead atoms. The van der Waals surface area contributed by atoms with E-state index in [1.54, 1.807) is 24.3 Å². The molecule has 0 aliphatic heterocycles. The van der Waals surface area contributed by atoms with Gasteiger partial charge in [-0.2, -0.15) is 0 Å². The largest absolute Gasteiger partial charge is 0.338 e. The number of H-pyrrole nitrogens is 1. The smallest absolute Gasteiger partial charge is 0.225 e.